The molecule has 5 rings (SSSR count). The van der Waals surface area contributed by atoms with Gasteiger partial charge in [0.05, 0.1) is 30.2 Å². The summed E-state index contributed by atoms with van der Waals surface area (Å²) < 4.78 is 22.2. The van der Waals surface area contributed by atoms with Gasteiger partial charge in [-0.05, 0) is 43.9 Å². The van der Waals surface area contributed by atoms with Gasteiger partial charge in [0.15, 0.2) is 0 Å². The summed E-state index contributed by atoms with van der Waals surface area (Å²) in [5.41, 5.74) is 2.18. The van der Waals surface area contributed by atoms with Gasteiger partial charge in [-0.1, -0.05) is 25.3 Å². The Morgan fingerprint density at radius 1 is 1.06 bits per heavy atom. The van der Waals surface area contributed by atoms with E-state index in [0.717, 1.165) is 34.7 Å². The first-order valence-electron chi connectivity index (χ1n) is 10.8. The molecule has 0 spiro atoms. The molecule has 2 aromatic heterocycles. The molecular formula is C23H26N4O2S2. The minimum absolute atomic E-state index is 0.0692. The van der Waals surface area contributed by atoms with Crippen molar-refractivity contribution >= 4 is 32.4 Å². The Kier molecular flexibility index (Phi) is 5.44. The van der Waals surface area contributed by atoms with Crippen LogP contribution in [0.1, 0.15) is 55.9 Å². The van der Waals surface area contributed by atoms with E-state index in [1.807, 2.05) is 24.4 Å². The van der Waals surface area contributed by atoms with Gasteiger partial charge in [0.25, 0.3) is 0 Å². The summed E-state index contributed by atoms with van der Waals surface area (Å²) in [6.45, 7) is 0. The zero-order valence-corrected chi connectivity index (χ0v) is 18.9. The third-order valence-electron chi connectivity index (χ3n) is 6.12. The molecule has 0 amide bonds. The number of aromatic nitrogens is 2. The van der Waals surface area contributed by atoms with Crippen molar-refractivity contribution in [2.24, 2.45) is 0 Å². The summed E-state index contributed by atoms with van der Waals surface area (Å²) in [4.78, 5) is 20.2. The van der Waals surface area contributed by atoms with Crippen LogP contribution in [-0.2, 0) is 9.73 Å². The molecule has 1 aromatic carbocycles. The number of rotatable bonds is 6. The number of anilines is 2. The number of aromatic amines is 1. The van der Waals surface area contributed by atoms with Gasteiger partial charge in [-0.3, -0.25) is 4.79 Å². The van der Waals surface area contributed by atoms with E-state index in [4.69, 9.17) is 9.76 Å². The Hall–Kier alpha value is -2.45. The molecule has 2 aliphatic carbocycles. The van der Waals surface area contributed by atoms with Crippen molar-refractivity contribution in [2.75, 3.05) is 5.32 Å². The molecule has 8 heteroatoms. The van der Waals surface area contributed by atoms with Crippen LogP contribution < -0.4 is 10.9 Å². The smallest absolute Gasteiger partial charge is 0.248 e. The highest BCUT2D eigenvalue weighted by molar-refractivity contribution is 7.93. The third kappa shape index (κ3) is 4.32. The average molecular weight is 455 g/mol. The maximum atomic E-state index is 13.5. The number of hydrogen-bond acceptors (Lipinski definition) is 6. The zero-order valence-electron chi connectivity index (χ0n) is 17.2. The number of hydrogen-bond donors (Lipinski definition) is 3. The lowest BCUT2D eigenvalue weighted by Crippen LogP contribution is -2.08. The average Bonchev–Trinajstić information content (AvgIpc) is 3.54. The molecule has 0 bridgehead atoms. The number of H-pyrrole nitrogens is 1. The number of nitrogens with one attached hydrogen (secondary N) is 3. The minimum Gasteiger partial charge on any atom is -0.354 e. The number of benzene rings is 1. The van der Waals surface area contributed by atoms with Gasteiger partial charge in [-0.15, -0.1) is 11.3 Å². The molecule has 2 fully saturated rings. The van der Waals surface area contributed by atoms with Crippen LogP contribution in [0.25, 0.3) is 10.4 Å². The van der Waals surface area contributed by atoms with Crippen LogP contribution in [0.5, 0.6) is 0 Å². The first-order valence-corrected chi connectivity index (χ1v) is 13.3. The first-order chi connectivity index (χ1) is 15.0. The van der Waals surface area contributed by atoms with Gasteiger partial charge in [0, 0.05) is 40.9 Å². The van der Waals surface area contributed by atoms with Crippen molar-refractivity contribution in [3.63, 3.8) is 0 Å². The summed E-state index contributed by atoms with van der Waals surface area (Å²) in [5.74, 6) is 0.529. The van der Waals surface area contributed by atoms with Crippen LogP contribution in [0.4, 0.5) is 11.4 Å². The largest absolute Gasteiger partial charge is 0.354 e. The zero-order chi connectivity index (χ0) is 21.4. The lowest BCUT2D eigenvalue weighted by molar-refractivity contribution is 0.442. The Labute approximate surface area is 186 Å². The van der Waals surface area contributed by atoms with Crippen molar-refractivity contribution in [1.29, 1.82) is 4.78 Å². The highest BCUT2D eigenvalue weighted by Gasteiger charge is 2.35. The maximum Gasteiger partial charge on any atom is 0.248 e. The van der Waals surface area contributed by atoms with Gasteiger partial charge in [-0.25, -0.2) is 14.0 Å². The lowest BCUT2D eigenvalue weighted by Gasteiger charge is -2.19. The van der Waals surface area contributed by atoms with Gasteiger partial charge in [0.2, 0.25) is 5.56 Å². The third-order valence-corrected chi connectivity index (χ3v) is 9.71. The van der Waals surface area contributed by atoms with Gasteiger partial charge < -0.3 is 10.3 Å². The molecule has 2 heterocycles. The summed E-state index contributed by atoms with van der Waals surface area (Å²) >= 11 is 1.69. The van der Waals surface area contributed by atoms with E-state index >= 15 is 0 Å². The summed E-state index contributed by atoms with van der Waals surface area (Å²) in [6.07, 6.45) is 11.4. The van der Waals surface area contributed by atoms with Crippen LogP contribution >= 0.6 is 11.3 Å². The van der Waals surface area contributed by atoms with Crippen LogP contribution in [-0.4, -0.2) is 19.4 Å². The topological polar surface area (TPSA) is 98.7 Å². The fraction of sp³-hybridized carbons (Fsp3) is 0.391. The van der Waals surface area contributed by atoms with Crippen LogP contribution in [0.3, 0.4) is 0 Å². The molecule has 6 nitrogen and oxygen atoms in total. The lowest BCUT2D eigenvalue weighted by atomic mass is 9.90. The van der Waals surface area contributed by atoms with E-state index in [1.165, 1.54) is 43.2 Å². The number of nitrogens with zero attached hydrogens (tertiary/aromatic N) is 1. The molecule has 3 aromatic rings. The summed E-state index contributed by atoms with van der Waals surface area (Å²) in [7, 11) is -2.90. The predicted molar refractivity (Wildman–Crippen MR) is 126 cm³/mol. The molecule has 31 heavy (non-hydrogen) atoms. The second kappa shape index (κ2) is 8.24. The molecule has 1 unspecified atom stereocenters. The van der Waals surface area contributed by atoms with Gasteiger partial charge in [-0.2, -0.15) is 0 Å². The molecule has 0 aliphatic heterocycles. The van der Waals surface area contributed by atoms with E-state index in [1.54, 1.807) is 23.6 Å². The monoisotopic (exact) mass is 454 g/mol. The molecule has 2 aliphatic rings. The summed E-state index contributed by atoms with van der Waals surface area (Å²) in [6, 6.07) is 8.89. The Morgan fingerprint density at radius 2 is 1.84 bits per heavy atom. The Bertz CT molecular complexity index is 1230. The van der Waals surface area contributed by atoms with Crippen LogP contribution in [0, 0.1) is 4.78 Å². The molecule has 1 atom stereocenters. The van der Waals surface area contributed by atoms with Crippen LogP contribution in [0.15, 0.2) is 52.4 Å². The first kappa shape index (κ1) is 20.5. The standard InChI is InChI=1S/C23H26N4O2S2/c24-31(29,18-8-9-18)21-12-16(27-17-7-11-22(28)25-13-17)6-10-19(21)20-14-26-23(30-20)15-4-2-1-3-5-15/h6-7,10-15,18,24,27H,1-5,8-9H2,(H,25,28). The molecular weight excluding hydrogens is 428 g/mol. The molecule has 3 N–H and O–H groups in total. The highest BCUT2D eigenvalue weighted by atomic mass is 32.2. The van der Waals surface area contributed by atoms with Crippen LogP contribution in [0.2, 0.25) is 0 Å². The van der Waals surface area contributed by atoms with Crippen molar-refractivity contribution in [3.8, 4) is 10.4 Å². The normalized spacial score (nSPS) is 19.1. The summed E-state index contributed by atoms with van der Waals surface area (Å²) in [5, 5.41) is 4.34. The quantitative estimate of drug-likeness (QED) is 0.434. The predicted octanol–water partition coefficient (Wildman–Crippen LogP) is 5.86. The Morgan fingerprint density at radius 3 is 2.55 bits per heavy atom. The minimum atomic E-state index is -2.90. The van der Waals surface area contributed by atoms with Crippen molar-refractivity contribution in [3.05, 3.63) is 58.1 Å². The van der Waals surface area contributed by atoms with E-state index in [0.29, 0.717) is 10.8 Å². The highest BCUT2D eigenvalue weighted by Crippen LogP contribution is 2.43. The number of thiazole rings is 1. The molecule has 162 valence electrons. The van der Waals surface area contributed by atoms with Gasteiger partial charge in [0.1, 0.15) is 0 Å². The van der Waals surface area contributed by atoms with E-state index in [-0.39, 0.29) is 10.8 Å². The van der Waals surface area contributed by atoms with Gasteiger partial charge >= 0.3 is 0 Å². The maximum absolute atomic E-state index is 13.5. The SMILES string of the molecule is N=S(=O)(c1cc(Nc2ccc(=O)[nH]c2)ccc1-c1cnc(C2CCCCC2)s1)C1CC1. The van der Waals surface area contributed by atoms with E-state index in [9.17, 15) is 9.00 Å². The van der Waals surface area contributed by atoms with E-state index in [2.05, 4.69) is 10.3 Å². The molecule has 2 saturated carbocycles. The fourth-order valence-corrected chi connectivity index (χ4v) is 7.40. The van der Waals surface area contributed by atoms with Crippen molar-refractivity contribution in [2.45, 2.75) is 61.0 Å². The fourth-order valence-electron chi connectivity index (χ4n) is 4.24. The van der Waals surface area contributed by atoms with Crippen molar-refractivity contribution < 1.29 is 4.21 Å². The second-order valence-electron chi connectivity index (χ2n) is 8.48. The van der Waals surface area contributed by atoms with Crippen molar-refractivity contribution in [1.82, 2.24) is 9.97 Å². The molecule has 0 saturated heterocycles. The number of pyridine rings is 1. The second-order valence-corrected chi connectivity index (χ2v) is 11.8. The van der Waals surface area contributed by atoms with E-state index < -0.39 is 9.73 Å². The molecule has 0 radical (unpaired) electrons. The Balaban J connectivity index is 1.51.